The van der Waals surface area contributed by atoms with Crippen molar-refractivity contribution >= 4 is 11.6 Å². The monoisotopic (exact) mass is 254 g/mol. The molecule has 0 rings (SSSR count). The van der Waals surface area contributed by atoms with Gasteiger partial charge in [-0.25, -0.2) is 0 Å². The summed E-state index contributed by atoms with van der Waals surface area (Å²) >= 11 is 5.63. The lowest BCUT2D eigenvalue weighted by Gasteiger charge is -2.06. The molecule has 0 nitrogen and oxygen atoms in total. The third kappa shape index (κ3) is 10.4. The molecule has 0 aromatic carbocycles. The van der Waals surface area contributed by atoms with Crippen molar-refractivity contribution in [2.45, 2.75) is 53.4 Å². The molecule has 1 unspecified atom stereocenters. The summed E-state index contributed by atoms with van der Waals surface area (Å²) in [5.74, 6) is 1.36. The maximum Gasteiger partial charge on any atom is 0.0409 e. The zero-order chi connectivity index (χ0) is 13.1. The highest BCUT2D eigenvalue weighted by atomic mass is 35.5. The van der Waals surface area contributed by atoms with Gasteiger partial charge in [-0.05, 0) is 45.4 Å². The van der Waals surface area contributed by atoms with Crippen molar-refractivity contribution in [2.75, 3.05) is 5.88 Å². The smallest absolute Gasteiger partial charge is 0.0409 e. The van der Waals surface area contributed by atoms with Gasteiger partial charge in [0.1, 0.15) is 0 Å². The summed E-state index contributed by atoms with van der Waals surface area (Å²) in [4.78, 5) is 0. The highest BCUT2D eigenvalue weighted by Crippen LogP contribution is 2.13. The molecular weight excluding hydrogens is 228 g/mol. The number of allylic oxidation sites excluding steroid dienone is 6. The van der Waals surface area contributed by atoms with Crippen LogP contribution in [0.5, 0.6) is 0 Å². The summed E-state index contributed by atoms with van der Waals surface area (Å²) in [6.07, 6.45) is 13.7. The van der Waals surface area contributed by atoms with Gasteiger partial charge in [-0.1, -0.05) is 49.3 Å². The molecule has 0 fully saturated rings. The van der Waals surface area contributed by atoms with Crippen LogP contribution in [-0.2, 0) is 0 Å². The average Bonchev–Trinajstić information content (AvgIpc) is 2.29. The fourth-order valence-electron chi connectivity index (χ4n) is 1.55. The van der Waals surface area contributed by atoms with Gasteiger partial charge in [0, 0.05) is 5.88 Å². The Bertz CT molecular complexity index is 271. The topological polar surface area (TPSA) is 0 Å². The van der Waals surface area contributed by atoms with Gasteiger partial charge >= 0.3 is 0 Å². The van der Waals surface area contributed by atoms with E-state index in [1.54, 1.807) is 0 Å². The summed E-state index contributed by atoms with van der Waals surface area (Å²) in [6.45, 7) is 8.84. The van der Waals surface area contributed by atoms with Crippen LogP contribution in [-0.4, -0.2) is 5.88 Å². The zero-order valence-corrected chi connectivity index (χ0v) is 12.6. The van der Waals surface area contributed by atoms with Gasteiger partial charge in [-0.3, -0.25) is 0 Å². The molecule has 0 saturated heterocycles. The first-order valence-corrected chi connectivity index (χ1v) is 7.18. The molecule has 0 spiro atoms. The van der Waals surface area contributed by atoms with Crippen LogP contribution in [0.3, 0.4) is 0 Å². The molecule has 0 aliphatic rings. The van der Waals surface area contributed by atoms with E-state index in [4.69, 9.17) is 11.6 Å². The average molecular weight is 255 g/mol. The molecule has 0 saturated carbocycles. The summed E-state index contributed by atoms with van der Waals surface area (Å²) < 4.78 is 0. The zero-order valence-electron chi connectivity index (χ0n) is 11.8. The molecule has 0 N–H and O–H groups in total. The number of alkyl halides is 1. The summed E-state index contributed by atoms with van der Waals surface area (Å²) in [5.41, 5.74) is 2.77. The van der Waals surface area contributed by atoms with Crippen LogP contribution in [0.2, 0.25) is 0 Å². The minimum atomic E-state index is 0.604. The molecule has 0 radical (unpaired) electrons. The van der Waals surface area contributed by atoms with Crippen molar-refractivity contribution < 1.29 is 0 Å². The van der Waals surface area contributed by atoms with E-state index in [1.165, 1.54) is 30.4 Å². The lowest BCUT2D eigenvalue weighted by atomic mass is 10.00. The quantitative estimate of drug-likeness (QED) is 0.288. The van der Waals surface area contributed by atoms with Gasteiger partial charge < -0.3 is 0 Å². The normalized spacial score (nSPS) is 15.6. The van der Waals surface area contributed by atoms with E-state index in [-0.39, 0.29) is 0 Å². The first kappa shape index (κ1) is 16.5. The molecule has 98 valence electrons. The predicted octanol–water partition coefficient (Wildman–Crippen LogP) is 5.89. The second-order valence-electron chi connectivity index (χ2n) is 4.83. The molecule has 0 aliphatic carbocycles. The number of hydrogen-bond donors (Lipinski definition) is 0. The van der Waals surface area contributed by atoms with E-state index in [0.29, 0.717) is 5.88 Å². The first-order chi connectivity index (χ1) is 8.10. The molecule has 0 bridgehead atoms. The molecule has 0 aromatic rings. The minimum Gasteiger partial charge on any atom is -0.122 e. The van der Waals surface area contributed by atoms with Crippen molar-refractivity contribution in [3.05, 3.63) is 35.5 Å². The van der Waals surface area contributed by atoms with Gasteiger partial charge in [-0.2, -0.15) is 0 Å². The predicted molar refractivity (Wildman–Crippen MR) is 80.7 cm³/mol. The Morgan fingerprint density at radius 3 is 2.53 bits per heavy atom. The van der Waals surface area contributed by atoms with Crippen LogP contribution in [0.25, 0.3) is 0 Å². The van der Waals surface area contributed by atoms with Crippen LogP contribution in [0.15, 0.2) is 35.5 Å². The Labute approximate surface area is 112 Å². The third-order valence-electron chi connectivity index (χ3n) is 3.03. The second-order valence-corrected chi connectivity index (χ2v) is 5.14. The molecule has 1 heteroatoms. The second kappa shape index (κ2) is 10.7. The van der Waals surface area contributed by atoms with Crippen molar-refractivity contribution in [3.8, 4) is 0 Å². The van der Waals surface area contributed by atoms with Crippen LogP contribution in [0.4, 0.5) is 0 Å². The van der Waals surface area contributed by atoms with E-state index >= 15 is 0 Å². The Hall–Kier alpha value is -0.490. The van der Waals surface area contributed by atoms with Gasteiger partial charge in [-0.15, -0.1) is 11.6 Å². The fourth-order valence-corrected chi connectivity index (χ4v) is 1.80. The Balaban J connectivity index is 3.80. The number of halogens is 1. The first-order valence-electron chi connectivity index (χ1n) is 6.65. The third-order valence-corrected chi connectivity index (χ3v) is 3.18. The maximum absolute atomic E-state index is 5.63. The largest absolute Gasteiger partial charge is 0.122 e. The highest BCUT2D eigenvalue weighted by Gasteiger charge is 1.98. The SMILES string of the molecule is CC/C(C)=C/CCC(C)C/C=C/C(C)=C/CCl. The van der Waals surface area contributed by atoms with E-state index in [0.717, 1.165) is 12.3 Å². The van der Waals surface area contributed by atoms with E-state index < -0.39 is 0 Å². The van der Waals surface area contributed by atoms with Crippen molar-refractivity contribution in [1.29, 1.82) is 0 Å². The van der Waals surface area contributed by atoms with Crippen LogP contribution in [0, 0.1) is 5.92 Å². The maximum atomic E-state index is 5.63. The van der Waals surface area contributed by atoms with Crippen LogP contribution in [0.1, 0.15) is 53.4 Å². The van der Waals surface area contributed by atoms with Gasteiger partial charge in [0.25, 0.3) is 0 Å². The molecule has 1 atom stereocenters. The molecule has 0 heterocycles. The van der Waals surface area contributed by atoms with Crippen molar-refractivity contribution in [2.24, 2.45) is 5.92 Å². The summed E-state index contributed by atoms with van der Waals surface area (Å²) in [6, 6.07) is 0. The van der Waals surface area contributed by atoms with E-state index in [9.17, 15) is 0 Å². The standard InChI is InChI=1S/C16H27Cl/c1-5-14(2)8-6-9-15(3)10-7-11-16(4)12-13-17/h7-8,11-12,15H,5-6,9-10,13H2,1-4H3/b11-7+,14-8+,16-12+. The van der Waals surface area contributed by atoms with Crippen molar-refractivity contribution in [3.63, 3.8) is 0 Å². The highest BCUT2D eigenvalue weighted by molar-refractivity contribution is 6.18. The Morgan fingerprint density at radius 1 is 1.24 bits per heavy atom. The fraction of sp³-hybridized carbons (Fsp3) is 0.625. The van der Waals surface area contributed by atoms with E-state index in [2.05, 4.69) is 45.9 Å². The van der Waals surface area contributed by atoms with Gasteiger partial charge in [0.05, 0.1) is 0 Å². The van der Waals surface area contributed by atoms with Crippen LogP contribution >= 0.6 is 11.6 Å². The Kier molecular flexibility index (Phi) is 10.3. The van der Waals surface area contributed by atoms with Crippen molar-refractivity contribution in [1.82, 2.24) is 0 Å². The van der Waals surface area contributed by atoms with Gasteiger partial charge in [0.2, 0.25) is 0 Å². The Morgan fingerprint density at radius 2 is 1.94 bits per heavy atom. The number of rotatable bonds is 8. The summed E-state index contributed by atoms with van der Waals surface area (Å²) in [5, 5.41) is 0. The molecule has 0 amide bonds. The van der Waals surface area contributed by atoms with E-state index in [1.807, 2.05) is 6.08 Å². The minimum absolute atomic E-state index is 0.604. The molecule has 0 aliphatic heterocycles. The lowest BCUT2D eigenvalue weighted by Crippen LogP contribution is -1.91. The molecule has 17 heavy (non-hydrogen) atoms. The molecular formula is C16H27Cl. The molecule has 0 aromatic heterocycles. The van der Waals surface area contributed by atoms with Gasteiger partial charge in [0.15, 0.2) is 0 Å². The summed E-state index contributed by atoms with van der Waals surface area (Å²) in [7, 11) is 0. The lowest BCUT2D eigenvalue weighted by molar-refractivity contribution is 0.545. The number of hydrogen-bond acceptors (Lipinski definition) is 0. The van der Waals surface area contributed by atoms with Crippen LogP contribution < -0.4 is 0 Å².